The van der Waals surface area contributed by atoms with Crippen LogP contribution in [0.25, 0.3) is 0 Å². The van der Waals surface area contributed by atoms with E-state index in [-0.39, 0.29) is 23.6 Å². The normalized spacial score (nSPS) is 18.4. The first kappa shape index (κ1) is 18.6. The minimum atomic E-state index is -0.448. The lowest BCUT2D eigenvalue weighted by Crippen LogP contribution is -2.40. The van der Waals surface area contributed by atoms with E-state index in [1.807, 2.05) is 18.2 Å². The van der Waals surface area contributed by atoms with Crippen LogP contribution in [-0.4, -0.2) is 58.7 Å². The number of morpholine rings is 1. The number of hydrogen-bond donors (Lipinski definition) is 2. The number of anilines is 2. The van der Waals surface area contributed by atoms with Gasteiger partial charge in [0, 0.05) is 25.7 Å². The lowest BCUT2D eigenvalue weighted by molar-refractivity contribution is -0.384. The topological polar surface area (TPSA) is 105 Å². The molecule has 1 saturated carbocycles. The van der Waals surface area contributed by atoms with Crippen molar-refractivity contribution in [2.45, 2.75) is 24.9 Å². The molecule has 1 saturated heterocycles. The smallest absolute Gasteiger partial charge is 0.329 e. The van der Waals surface area contributed by atoms with E-state index >= 15 is 0 Å². The van der Waals surface area contributed by atoms with E-state index in [4.69, 9.17) is 4.74 Å². The molecule has 9 nitrogen and oxygen atoms in total. The first-order valence-electron chi connectivity index (χ1n) is 9.58. The van der Waals surface area contributed by atoms with E-state index in [1.54, 1.807) is 0 Å². The fourth-order valence-electron chi connectivity index (χ4n) is 3.22. The van der Waals surface area contributed by atoms with Crippen molar-refractivity contribution in [1.29, 1.82) is 0 Å². The minimum Gasteiger partial charge on any atom is -0.379 e. The summed E-state index contributed by atoms with van der Waals surface area (Å²) in [5, 5.41) is 17.8. The molecule has 0 spiro atoms. The Morgan fingerprint density at radius 1 is 1.25 bits per heavy atom. The third-order valence-corrected chi connectivity index (χ3v) is 4.93. The van der Waals surface area contributed by atoms with Gasteiger partial charge >= 0.3 is 5.69 Å². The molecule has 9 heteroatoms. The van der Waals surface area contributed by atoms with E-state index in [0.29, 0.717) is 5.95 Å². The SMILES string of the molecule is O=[N+]([O-])c1cnc(NC(CN2CCOCC2)c2ccccc2)nc1NC1CC1. The van der Waals surface area contributed by atoms with E-state index < -0.39 is 4.92 Å². The van der Waals surface area contributed by atoms with Crippen molar-refractivity contribution in [2.75, 3.05) is 43.5 Å². The second kappa shape index (κ2) is 8.49. The van der Waals surface area contributed by atoms with Gasteiger partial charge in [0.25, 0.3) is 0 Å². The molecule has 1 aliphatic heterocycles. The Kier molecular flexibility index (Phi) is 5.63. The van der Waals surface area contributed by atoms with Gasteiger partial charge in [0.15, 0.2) is 0 Å². The Morgan fingerprint density at radius 2 is 2.00 bits per heavy atom. The molecule has 2 fully saturated rings. The van der Waals surface area contributed by atoms with Crippen molar-refractivity contribution < 1.29 is 9.66 Å². The van der Waals surface area contributed by atoms with Crippen LogP contribution in [0.1, 0.15) is 24.4 Å². The van der Waals surface area contributed by atoms with Crippen molar-refractivity contribution in [3.8, 4) is 0 Å². The summed E-state index contributed by atoms with van der Waals surface area (Å²) < 4.78 is 5.44. The number of nitrogens with one attached hydrogen (secondary N) is 2. The molecular formula is C19H24N6O3. The highest BCUT2D eigenvalue weighted by atomic mass is 16.6. The van der Waals surface area contributed by atoms with Gasteiger partial charge in [0.05, 0.1) is 24.2 Å². The highest BCUT2D eigenvalue weighted by molar-refractivity contribution is 5.58. The quantitative estimate of drug-likeness (QED) is 0.528. The Morgan fingerprint density at radius 3 is 2.68 bits per heavy atom. The lowest BCUT2D eigenvalue weighted by atomic mass is 10.1. The van der Waals surface area contributed by atoms with Crippen molar-refractivity contribution in [3.05, 3.63) is 52.2 Å². The van der Waals surface area contributed by atoms with E-state index in [0.717, 1.165) is 51.3 Å². The average Bonchev–Trinajstić information content (AvgIpc) is 3.53. The molecule has 0 amide bonds. The maximum atomic E-state index is 11.3. The predicted octanol–water partition coefficient (Wildman–Crippen LogP) is 2.44. The largest absolute Gasteiger partial charge is 0.379 e. The monoisotopic (exact) mass is 384 g/mol. The summed E-state index contributed by atoms with van der Waals surface area (Å²) >= 11 is 0. The van der Waals surface area contributed by atoms with Crippen LogP contribution >= 0.6 is 0 Å². The van der Waals surface area contributed by atoms with Crippen LogP contribution in [0, 0.1) is 10.1 Å². The zero-order chi connectivity index (χ0) is 19.3. The van der Waals surface area contributed by atoms with Gasteiger partial charge in [-0.25, -0.2) is 4.98 Å². The van der Waals surface area contributed by atoms with Gasteiger partial charge in [0.2, 0.25) is 11.8 Å². The Balaban J connectivity index is 1.55. The summed E-state index contributed by atoms with van der Waals surface area (Å²) in [5.41, 5.74) is 1.02. The third-order valence-electron chi connectivity index (χ3n) is 4.93. The van der Waals surface area contributed by atoms with Gasteiger partial charge in [-0.2, -0.15) is 4.98 Å². The Hall–Kier alpha value is -2.78. The van der Waals surface area contributed by atoms with Crippen LogP contribution in [-0.2, 0) is 4.74 Å². The maximum Gasteiger partial charge on any atom is 0.329 e. The zero-order valence-corrected chi connectivity index (χ0v) is 15.6. The summed E-state index contributed by atoms with van der Waals surface area (Å²) in [4.78, 5) is 21.8. The molecule has 1 unspecified atom stereocenters. The molecule has 1 aliphatic carbocycles. The van der Waals surface area contributed by atoms with Gasteiger partial charge < -0.3 is 15.4 Å². The molecule has 1 aromatic carbocycles. The van der Waals surface area contributed by atoms with Crippen LogP contribution in [0.15, 0.2) is 36.5 Å². The fraction of sp³-hybridized carbons (Fsp3) is 0.474. The second-order valence-corrected chi connectivity index (χ2v) is 7.12. The fourth-order valence-corrected chi connectivity index (χ4v) is 3.22. The first-order valence-corrected chi connectivity index (χ1v) is 9.58. The molecule has 2 N–H and O–H groups in total. The summed E-state index contributed by atoms with van der Waals surface area (Å²) in [7, 11) is 0. The summed E-state index contributed by atoms with van der Waals surface area (Å²) in [5.74, 6) is 0.666. The Bertz CT molecular complexity index is 809. The summed E-state index contributed by atoms with van der Waals surface area (Å²) in [6.45, 7) is 3.98. The van der Waals surface area contributed by atoms with E-state index in [2.05, 4.69) is 37.6 Å². The molecule has 2 heterocycles. The zero-order valence-electron chi connectivity index (χ0n) is 15.6. The van der Waals surface area contributed by atoms with Gasteiger partial charge in [0.1, 0.15) is 6.20 Å². The maximum absolute atomic E-state index is 11.3. The van der Waals surface area contributed by atoms with Gasteiger partial charge in [-0.15, -0.1) is 0 Å². The molecule has 0 bridgehead atoms. The van der Waals surface area contributed by atoms with Gasteiger partial charge in [-0.3, -0.25) is 15.0 Å². The van der Waals surface area contributed by atoms with Crippen LogP contribution < -0.4 is 10.6 Å². The number of nitrogens with zero attached hydrogens (tertiary/aromatic N) is 4. The molecule has 2 aromatic rings. The number of ether oxygens (including phenoxy) is 1. The number of rotatable bonds is 8. The molecular weight excluding hydrogens is 360 g/mol. The van der Waals surface area contributed by atoms with Crippen molar-refractivity contribution >= 4 is 17.5 Å². The summed E-state index contributed by atoms with van der Waals surface area (Å²) in [6, 6.07) is 10.3. The molecule has 2 aliphatic rings. The van der Waals surface area contributed by atoms with Crippen molar-refractivity contribution in [1.82, 2.24) is 14.9 Å². The van der Waals surface area contributed by atoms with Crippen LogP contribution in [0.3, 0.4) is 0 Å². The van der Waals surface area contributed by atoms with Crippen molar-refractivity contribution in [2.24, 2.45) is 0 Å². The van der Waals surface area contributed by atoms with Gasteiger partial charge in [-0.05, 0) is 18.4 Å². The first-order chi connectivity index (χ1) is 13.7. The predicted molar refractivity (Wildman–Crippen MR) is 105 cm³/mol. The highest BCUT2D eigenvalue weighted by Gasteiger charge is 2.27. The van der Waals surface area contributed by atoms with Crippen LogP contribution in [0.4, 0.5) is 17.5 Å². The van der Waals surface area contributed by atoms with E-state index in [9.17, 15) is 10.1 Å². The van der Waals surface area contributed by atoms with Crippen molar-refractivity contribution in [3.63, 3.8) is 0 Å². The Labute approximate surface area is 163 Å². The van der Waals surface area contributed by atoms with E-state index in [1.165, 1.54) is 6.20 Å². The number of aromatic nitrogens is 2. The lowest BCUT2D eigenvalue weighted by Gasteiger charge is -2.31. The number of nitro groups is 1. The minimum absolute atomic E-state index is 0.0328. The molecule has 28 heavy (non-hydrogen) atoms. The number of hydrogen-bond acceptors (Lipinski definition) is 8. The second-order valence-electron chi connectivity index (χ2n) is 7.12. The van der Waals surface area contributed by atoms with Crippen LogP contribution in [0.2, 0.25) is 0 Å². The third kappa shape index (κ3) is 4.73. The highest BCUT2D eigenvalue weighted by Crippen LogP contribution is 2.30. The summed E-state index contributed by atoms with van der Waals surface area (Å²) in [6.07, 6.45) is 3.29. The van der Waals surface area contributed by atoms with Crippen LogP contribution in [0.5, 0.6) is 0 Å². The molecule has 1 aromatic heterocycles. The standard InChI is InChI=1S/C19H24N6O3/c26-25(27)17-12-20-19(23-18(17)21-15-6-7-15)22-16(14-4-2-1-3-5-14)13-24-8-10-28-11-9-24/h1-5,12,15-16H,6-11,13H2,(H2,20,21,22,23). The average molecular weight is 384 g/mol. The molecule has 1 atom stereocenters. The molecule has 0 radical (unpaired) electrons. The number of benzene rings is 1. The van der Waals surface area contributed by atoms with Gasteiger partial charge in [-0.1, -0.05) is 30.3 Å². The molecule has 4 rings (SSSR count). The molecule has 148 valence electrons.